The van der Waals surface area contributed by atoms with Crippen molar-refractivity contribution in [2.24, 2.45) is 0 Å². The molecule has 1 heterocycles. The minimum atomic E-state index is -0.0531. The highest BCUT2D eigenvalue weighted by molar-refractivity contribution is 5.93. The van der Waals surface area contributed by atoms with Gasteiger partial charge in [-0.15, -0.1) is 0 Å². The monoisotopic (exact) mass is 314 g/mol. The molecule has 6 heteroatoms. The summed E-state index contributed by atoms with van der Waals surface area (Å²) < 4.78 is 5.40. The predicted octanol–water partition coefficient (Wildman–Crippen LogP) is 3.10. The van der Waals surface area contributed by atoms with Crippen molar-refractivity contribution in [1.82, 2.24) is 14.9 Å². The van der Waals surface area contributed by atoms with E-state index in [0.29, 0.717) is 31.2 Å². The first kappa shape index (κ1) is 16.7. The van der Waals surface area contributed by atoms with Crippen LogP contribution >= 0.6 is 0 Å². The van der Waals surface area contributed by atoms with Crippen molar-refractivity contribution >= 4 is 17.5 Å². The molecule has 0 aliphatic carbocycles. The molecule has 0 bridgehead atoms. The summed E-state index contributed by atoms with van der Waals surface area (Å²) in [5.74, 6) is 1.21. The molecule has 1 aromatic heterocycles. The normalized spacial score (nSPS) is 10.2. The average Bonchev–Trinajstić information content (AvgIpc) is 2.58. The standard InChI is InChI=1S/C17H22N4O2/c1-4-21(5-2)16(22)13-11-18-17(19-12-13)20-14-7-9-15(10-8-14)23-6-3/h7-12H,4-6H2,1-3H3,(H,18,19,20). The highest BCUT2D eigenvalue weighted by Gasteiger charge is 2.13. The van der Waals surface area contributed by atoms with Crippen LogP contribution in [0.5, 0.6) is 5.75 Å². The number of nitrogens with zero attached hydrogens (tertiary/aromatic N) is 3. The van der Waals surface area contributed by atoms with Gasteiger partial charge in [0, 0.05) is 31.2 Å². The van der Waals surface area contributed by atoms with E-state index in [1.165, 1.54) is 0 Å². The van der Waals surface area contributed by atoms with Crippen molar-refractivity contribution in [3.05, 3.63) is 42.2 Å². The first-order valence-corrected chi connectivity index (χ1v) is 7.79. The number of benzene rings is 1. The zero-order valence-electron chi connectivity index (χ0n) is 13.7. The van der Waals surface area contributed by atoms with E-state index >= 15 is 0 Å². The molecule has 23 heavy (non-hydrogen) atoms. The van der Waals surface area contributed by atoms with Crippen LogP contribution < -0.4 is 10.1 Å². The molecule has 2 aromatic rings. The van der Waals surface area contributed by atoms with Crippen molar-refractivity contribution in [3.63, 3.8) is 0 Å². The number of anilines is 2. The second-order valence-corrected chi connectivity index (χ2v) is 4.86. The van der Waals surface area contributed by atoms with Gasteiger partial charge >= 0.3 is 0 Å². The van der Waals surface area contributed by atoms with Crippen molar-refractivity contribution in [2.75, 3.05) is 25.0 Å². The van der Waals surface area contributed by atoms with Gasteiger partial charge in [-0.2, -0.15) is 0 Å². The van der Waals surface area contributed by atoms with E-state index in [-0.39, 0.29) is 5.91 Å². The van der Waals surface area contributed by atoms with E-state index in [1.807, 2.05) is 45.0 Å². The van der Waals surface area contributed by atoms with E-state index in [0.717, 1.165) is 11.4 Å². The van der Waals surface area contributed by atoms with Crippen LogP contribution in [0.2, 0.25) is 0 Å². The van der Waals surface area contributed by atoms with E-state index < -0.39 is 0 Å². The lowest BCUT2D eigenvalue weighted by atomic mass is 10.3. The van der Waals surface area contributed by atoms with Gasteiger partial charge in [0.05, 0.1) is 12.2 Å². The molecule has 0 aliphatic rings. The summed E-state index contributed by atoms with van der Waals surface area (Å²) in [5, 5.41) is 3.09. The molecule has 0 aliphatic heterocycles. The first-order valence-electron chi connectivity index (χ1n) is 7.79. The number of carbonyl (C=O) groups excluding carboxylic acids is 1. The summed E-state index contributed by atoms with van der Waals surface area (Å²) in [6.07, 6.45) is 3.09. The van der Waals surface area contributed by atoms with Crippen LogP contribution in [0, 0.1) is 0 Å². The van der Waals surface area contributed by atoms with E-state index in [1.54, 1.807) is 17.3 Å². The third-order valence-electron chi connectivity index (χ3n) is 3.37. The maximum atomic E-state index is 12.2. The largest absolute Gasteiger partial charge is 0.494 e. The Bertz CT molecular complexity index is 622. The van der Waals surface area contributed by atoms with E-state index in [9.17, 15) is 4.79 Å². The molecule has 0 spiro atoms. The third-order valence-corrected chi connectivity index (χ3v) is 3.37. The van der Waals surface area contributed by atoms with E-state index in [2.05, 4.69) is 15.3 Å². The molecule has 0 saturated heterocycles. The molecule has 6 nitrogen and oxygen atoms in total. The quantitative estimate of drug-likeness (QED) is 0.850. The molecule has 0 fully saturated rings. The fraction of sp³-hybridized carbons (Fsp3) is 0.353. The maximum Gasteiger partial charge on any atom is 0.256 e. The summed E-state index contributed by atoms with van der Waals surface area (Å²) in [5.41, 5.74) is 1.35. The molecular formula is C17H22N4O2. The number of carbonyl (C=O) groups is 1. The third kappa shape index (κ3) is 4.42. The summed E-state index contributed by atoms with van der Waals surface area (Å²) in [6, 6.07) is 7.54. The van der Waals surface area contributed by atoms with Crippen LogP contribution in [0.25, 0.3) is 0 Å². The lowest BCUT2D eigenvalue weighted by molar-refractivity contribution is 0.0772. The van der Waals surface area contributed by atoms with Gasteiger partial charge in [-0.3, -0.25) is 4.79 Å². The SMILES string of the molecule is CCOc1ccc(Nc2ncc(C(=O)N(CC)CC)cn2)cc1. The highest BCUT2D eigenvalue weighted by Crippen LogP contribution is 2.18. The number of aromatic nitrogens is 2. The lowest BCUT2D eigenvalue weighted by Crippen LogP contribution is -2.30. The van der Waals surface area contributed by atoms with E-state index in [4.69, 9.17) is 4.74 Å². The molecule has 0 atom stereocenters. The Balaban J connectivity index is 2.03. The Hall–Kier alpha value is -2.63. The van der Waals surface area contributed by atoms with Crippen LogP contribution in [0.15, 0.2) is 36.7 Å². The van der Waals surface area contributed by atoms with Gasteiger partial charge < -0.3 is 15.0 Å². The van der Waals surface area contributed by atoms with Crippen molar-refractivity contribution in [1.29, 1.82) is 0 Å². The van der Waals surface area contributed by atoms with Gasteiger partial charge in [0.15, 0.2) is 0 Å². The Morgan fingerprint density at radius 1 is 1.09 bits per heavy atom. The zero-order valence-corrected chi connectivity index (χ0v) is 13.7. The summed E-state index contributed by atoms with van der Waals surface area (Å²) in [6.45, 7) is 7.82. The molecule has 1 amide bonds. The van der Waals surface area contributed by atoms with Gasteiger partial charge in [0.2, 0.25) is 5.95 Å². The molecule has 1 N–H and O–H groups in total. The average molecular weight is 314 g/mol. The van der Waals surface area contributed by atoms with Crippen LogP contribution in [0.1, 0.15) is 31.1 Å². The van der Waals surface area contributed by atoms with Gasteiger partial charge in [-0.05, 0) is 45.0 Å². The van der Waals surface area contributed by atoms with Gasteiger partial charge in [0.25, 0.3) is 5.91 Å². The number of nitrogens with one attached hydrogen (secondary N) is 1. The van der Waals surface area contributed by atoms with Crippen LogP contribution in [-0.2, 0) is 0 Å². The zero-order chi connectivity index (χ0) is 16.7. The summed E-state index contributed by atoms with van der Waals surface area (Å²) >= 11 is 0. The molecular weight excluding hydrogens is 292 g/mol. The molecule has 1 aromatic carbocycles. The summed E-state index contributed by atoms with van der Waals surface area (Å²) in [7, 11) is 0. The first-order chi connectivity index (χ1) is 11.2. The Morgan fingerprint density at radius 3 is 2.22 bits per heavy atom. The van der Waals surface area contributed by atoms with Crippen molar-refractivity contribution in [3.8, 4) is 5.75 Å². The molecule has 0 radical (unpaired) electrons. The lowest BCUT2D eigenvalue weighted by Gasteiger charge is -2.18. The van der Waals surface area contributed by atoms with Gasteiger partial charge in [0.1, 0.15) is 5.75 Å². The molecule has 2 rings (SSSR count). The fourth-order valence-corrected chi connectivity index (χ4v) is 2.13. The van der Waals surface area contributed by atoms with Crippen molar-refractivity contribution < 1.29 is 9.53 Å². The Labute approximate surface area is 136 Å². The minimum absolute atomic E-state index is 0.0531. The Kier molecular flexibility index (Phi) is 5.91. The molecule has 0 saturated carbocycles. The molecule has 0 unspecified atom stereocenters. The second kappa shape index (κ2) is 8.12. The number of ether oxygens (including phenoxy) is 1. The summed E-state index contributed by atoms with van der Waals surface area (Å²) in [4.78, 5) is 22.3. The number of rotatable bonds is 7. The predicted molar refractivity (Wildman–Crippen MR) is 90.2 cm³/mol. The minimum Gasteiger partial charge on any atom is -0.494 e. The van der Waals surface area contributed by atoms with Gasteiger partial charge in [-0.1, -0.05) is 0 Å². The fourth-order valence-electron chi connectivity index (χ4n) is 2.13. The Morgan fingerprint density at radius 2 is 1.70 bits per heavy atom. The molecule has 122 valence electrons. The van der Waals surface area contributed by atoms with Crippen LogP contribution in [-0.4, -0.2) is 40.5 Å². The topological polar surface area (TPSA) is 67.3 Å². The highest BCUT2D eigenvalue weighted by atomic mass is 16.5. The van der Waals surface area contributed by atoms with Crippen LogP contribution in [0.4, 0.5) is 11.6 Å². The number of hydrogen-bond donors (Lipinski definition) is 1. The second-order valence-electron chi connectivity index (χ2n) is 4.86. The van der Waals surface area contributed by atoms with Gasteiger partial charge in [-0.25, -0.2) is 9.97 Å². The number of hydrogen-bond acceptors (Lipinski definition) is 5. The van der Waals surface area contributed by atoms with Crippen LogP contribution in [0.3, 0.4) is 0 Å². The smallest absolute Gasteiger partial charge is 0.256 e. The number of amides is 1. The maximum absolute atomic E-state index is 12.2. The van der Waals surface area contributed by atoms with Crippen molar-refractivity contribution in [2.45, 2.75) is 20.8 Å².